The molecule has 0 amide bonds. The summed E-state index contributed by atoms with van der Waals surface area (Å²) in [5.41, 5.74) is 1.85. The number of rotatable bonds is 4. The van der Waals surface area contributed by atoms with Crippen molar-refractivity contribution in [2.45, 2.75) is 6.92 Å². The van der Waals surface area contributed by atoms with Crippen molar-refractivity contribution in [2.75, 3.05) is 7.11 Å². The number of halogens is 1. The molecule has 0 aromatic heterocycles. The highest BCUT2D eigenvalue weighted by Gasteiger charge is 2.12. The van der Waals surface area contributed by atoms with Crippen molar-refractivity contribution in [3.63, 3.8) is 0 Å². The molecule has 0 spiro atoms. The standard InChI is InChI=1S/C15H14ClO2P/c1-10-5-3-4-6-12(10)15(17)19-14-8-7-11(18-2)9-13(14)16/h3-9,19H,1-2H3. The molecule has 0 aliphatic carbocycles. The van der Waals surface area contributed by atoms with E-state index in [0.717, 1.165) is 16.4 Å². The van der Waals surface area contributed by atoms with E-state index in [1.807, 2.05) is 43.3 Å². The summed E-state index contributed by atoms with van der Waals surface area (Å²) >= 11 is 6.15. The Kier molecular flexibility index (Phi) is 4.57. The molecule has 19 heavy (non-hydrogen) atoms. The summed E-state index contributed by atoms with van der Waals surface area (Å²) in [6.45, 7) is 1.94. The van der Waals surface area contributed by atoms with Crippen LogP contribution >= 0.6 is 20.2 Å². The number of ether oxygens (including phenoxy) is 1. The normalized spacial score (nSPS) is 10.9. The van der Waals surface area contributed by atoms with Gasteiger partial charge in [0.15, 0.2) is 5.52 Å². The molecule has 2 aromatic rings. The lowest BCUT2D eigenvalue weighted by Gasteiger charge is -2.07. The smallest absolute Gasteiger partial charge is 0.185 e. The van der Waals surface area contributed by atoms with Crippen molar-refractivity contribution in [3.8, 4) is 5.75 Å². The van der Waals surface area contributed by atoms with Crippen LogP contribution in [0.1, 0.15) is 15.9 Å². The largest absolute Gasteiger partial charge is 0.497 e. The first kappa shape index (κ1) is 14.0. The molecule has 0 aliphatic rings. The quantitative estimate of drug-likeness (QED) is 0.801. The number of methoxy groups -OCH3 is 1. The fourth-order valence-electron chi connectivity index (χ4n) is 1.74. The van der Waals surface area contributed by atoms with Crippen molar-refractivity contribution < 1.29 is 9.53 Å². The highest BCUT2D eigenvalue weighted by molar-refractivity contribution is 7.66. The summed E-state index contributed by atoms with van der Waals surface area (Å²) in [5, 5.41) is 1.41. The minimum atomic E-state index is 0.0223. The summed E-state index contributed by atoms with van der Waals surface area (Å²) in [4.78, 5) is 12.3. The topological polar surface area (TPSA) is 26.3 Å². The minimum Gasteiger partial charge on any atom is -0.497 e. The van der Waals surface area contributed by atoms with E-state index >= 15 is 0 Å². The summed E-state index contributed by atoms with van der Waals surface area (Å²) in [6.07, 6.45) is 0. The maximum atomic E-state index is 12.3. The van der Waals surface area contributed by atoms with Gasteiger partial charge in [-0.1, -0.05) is 35.9 Å². The lowest BCUT2D eigenvalue weighted by atomic mass is 10.1. The van der Waals surface area contributed by atoms with Gasteiger partial charge in [0.2, 0.25) is 0 Å². The summed E-state index contributed by atoms with van der Waals surface area (Å²) in [7, 11) is 1.61. The minimum absolute atomic E-state index is 0.0223. The monoisotopic (exact) mass is 292 g/mol. The van der Waals surface area contributed by atoms with E-state index in [2.05, 4.69) is 0 Å². The number of aryl methyl sites for hydroxylation is 1. The number of carbonyl (C=O) groups excluding carboxylic acids is 1. The van der Waals surface area contributed by atoms with Gasteiger partial charge in [-0.2, -0.15) is 0 Å². The SMILES string of the molecule is COc1ccc(PC(=O)c2ccccc2C)c(Cl)c1. The van der Waals surface area contributed by atoms with E-state index in [0.29, 0.717) is 10.8 Å². The Morgan fingerprint density at radius 3 is 2.58 bits per heavy atom. The van der Waals surface area contributed by atoms with Crippen molar-refractivity contribution in [1.29, 1.82) is 0 Å². The lowest BCUT2D eigenvalue weighted by Crippen LogP contribution is -2.04. The molecule has 0 saturated carbocycles. The van der Waals surface area contributed by atoms with Gasteiger partial charge in [-0.15, -0.1) is 0 Å². The van der Waals surface area contributed by atoms with Crippen LogP contribution < -0.4 is 10.0 Å². The number of hydrogen-bond acceptors (Lipinski definition) is 2. The molecule has 2 nitrogen and oxygen atoms in total. The van der Waals surface area contributed by atoms with Gasteiger partial charge in [-0.05, 0) is 44.6 Å². The van der Waals surface area contributed by atoms with Crippen LogP contribution in [0, 0.1) is 6.92 Å². The molecule has 0 aliphatic heterocycles. The van der Waals surface area contributed by atoms with Crippen molar-refractivity contribution in [2.24, 2.45) is 0 Å². The molecule has 1 unspecified atom stereocenters. The predicted octanol–water partition coefficient (Wildman–Crippen LogP) is 3.80. The zero-order chi connectivity index (χ0) is 13.8. The average Bonchev–Trinajstić information content (AvgIpc) is 2.41. The fourth-order valence-corrected chi connectivity index (χ4v) is 3.07. The Balaban J connectivity index is 2.22. The van der Waals surface area contributed by atoms with Gasteiger partial charge in [0.05, 0.1) is 12.1 Å². The third-order valence-electron chi connectivity index (χ3n) is 2.81. The predicted molar refractivity (Wildman–Crippen MR) is 81.5 cm³/mol. The highest BCUT2D eigenvalue weighted by atomic mass is 35.5. The van der Waals surface area contributed by atoms with Gasteiger partial charge in [0.1, 0.15) is 5.75 Å². The molecule has 98 valence electrons. The lowest BCUT2D eigenvalue weighted by molar-refractivity contribution is 0.108. The third kappa shape index (κ3) is 3.34. The Morgan fingerprint density at radius 2 is 1.95 bits per heavy atom. The zero-order valence-corrected chi connectivity index (χ0v) is 12.5. The molecular weight excluding hydrogens is 279 g/mol. The van der Waals surface area contributed by atoms with Crippen LogP contribution in [0.15, 0.2) is 42.5 Å². The first-order chi connectivity index (χ1) is 9.11. The fraction of sp³-hybridized carbons (Fsp3) is 0.133. The highest BCUT2D eigenvalue weighted by Crippen LogP contribution is 2.26. The van der Waals surface area contributed by atoms with Gasteiger partial charge in [0.25, 0.3) is 0 Å². The summed E-state index contributed by atoms with van der Waals surface area (Å²) < 4.78 is 5.09. The second-order valence-electron chi connectivity index (χ2n) is 4.11. The third-order valence-corrected chi connectivity index (χ3v) is 4.49. The van der Waals surface area contributed by atoms with E-state index in [-0.39, 0.29) is 14.1 Å². The second kappa shape index (κ2) is 6.18. The molecule has 2 aromatic carbocycles. The van der Waals surface area contributed by atoms with Crippen LogP contribution in [0.2, 0.25) is 5.02 Å². The molecule has 0 heterocycles. The first-order valence-corrected chi connectivity index (χ1v) is 7.20. The number of benzene rings is 2. The van der Waals surface area contributed by atoms with Crippen LogP contribution in [0.4, 0.5) is 0 Å². The summed E-state index contributed by atoms with van der Waals surface area (Å²) in [6, 6.07) is 13.0. The van der Waals surface area contributed by atoms with E-state index in [4.69, 9.17) is 16.3 Å². The van der Waals surface area contributed by atoms with E-state index in [1.165, 1.54) is 0 Å². The second-order valence-corrected chi connectivity index (χ2v) is 5.76. The van der Waals surface area contributed by atoms with Gasteiger partial charge in [0, 0.05) is 5.56 Å². The summed E-state index contributed by atoms with van der Waals surface area (Å²) in [5.74, 6) is 0.696. The molecule has 0 bridgehead atoms. The average molecular weight is 293 g/mol. The van der Waals surface area contributed by atoms with Gasteiger partial charge in [-0.3, -0.25) is 4.79 Å². The Labute approximate surface area is 119 Å². The van der Waals surface area contributed by atoms with Gasteiger partial charge < -0.3 is 4.74 Å². The van der Waals surface area contributed by atoms with Crippen LogP contribution in [0.3, 0.4) is 0 Å². The number of hydrogen-bond donors (Lipinski definition) is 0. The van der Waals surface area contributed by atoms with Crippen molar-refractivity contribution in [1.82, 2.24) is 0 Å². The maximum absolute atomic E-state index is 12.3. The van der Waals surface area contributed by atoms with Gasteiger partial charge in [-0.25, -0.2) is 0 Å². The molecule has 4 heteroatoms. The molecule has 2 rings (SSSR count). The molecular formula is C15H14ClO2P. The number of carbonyl (C=O) groups is 1. The van der Waals surface area contributed by atoms with Gasteiger partial charge >= 0.3 is 0 Å². The maximum Gasteiger partial charge on any atom is 0.185 e. The zero-order valence-electron chi connectivity index (χ0n) is 10.7. The molecule has 0 saturated heterocycles. The van der Waals surface area contributed by atoms with E-state index in [1.54, 1.807) is 13.2 Å². The first-order valence-electron chi connectivity index (χ1n) is 5.82. The Bertz CT molecular complexity index is 611. The van der Waals surface area contributed by atoms with Crippen LogP contribution in [0.5, 0.6) is 5.75 Å². The molecule has 0 fully saturated rings. The molecule has 0 N–H and O–H groups in total. The van der Waals surface area contributed by atoms with Crippen LogP contribution in [-0.2, 0) is 0 Å². The van der Waals surface area contributed by atoms with E-state index in [9.17, 15) is 4.79 Å². The Morgan fingerprint density at radius 1 is 1.21 bits per heavy atom. The Hall–Kier alpha value is -1.37. The van der Waals surface area contributed by atoms with Crippen LogP contribution in [0.25, 0.3) is 0 Å². The molecule has 1 atom stereocenters. The van der Waals surface area contributed by atoms with Crippen molar-refractivity contribution >= 4 is 31.0 Å². The van der Waals surface area contributed by atoms with E-state index < -0.39 is 0 Å². The van der Waals surface area contributed by atoms with Crippen LogP contribution in [-0.4, -0.2) is 12.6 Å². The molecule has 0 radical (unpaired) electrons. The van der Waals surface area contributed by atoms with Crippen molar-refractivity contribution in [3.05, 3.63) is 58.6 Å².